The fourth-order valence-electron chi connectivity index (χ4n) is 4.34. The number of para-hydroxylation sites is 1. The van der Waals surface area contributed by atoms with Gasteiger partial charge in [-0.3, -0.25) is 4.98 Å². The lowest BCUT2D eigenvalue weighted by molar-refractivity contribution is 0.304. The van der Waals surface area contributed by atoms with Crippen LogP contribution in [0.2, 0.25) is 0 Å². The zero-order valence-corrected chi connectivity index (χ0v) is 15.1. The number of rotatable bonds is 4. The van der Waals surface area contributed by atoms with Gasteiger partial charge >= 0.3 is 0 Å². The van der Waals surface area contributed by atoms with E-state index in [1.54, 1.807) is 0 Å². The Balaban J connectivity index is 1.49. The predicted molar refractivity (Wildman–Crippen MR) is 108 cm³/mol. The average Bonchev–Trinajstić information content (AvgIpc) is 3.23. The Kier molecular flexibility index (Phi) is 4.13. The molecule has 3 heteroatoms. The van der Waals surface area contributed by atoms with Gasteiger partial charge in [0, 0.05) is 18.3 Å². The van der Waals surface area contributed by atoms with Crippen LogP contribution < -0.4 is 10.1 Å². The first kappa shape index (κ1) is 16.1. The van der Waals surface area contributed by atoms with Crippen molar-refractivity contribution in [2.75, 3.05) is 5.32 Å². The van der Waals surface area contributed by atoms with E-state index >= 15 is 0 Å². The zero-order chi connectivity index (χ0) is 18.1. The van der Waals surface area contributed by atoms with E-state index in [0.717, 1.165) is 17.9 Å². The van der Waals surface area contributed by atoms with E-state index in [1.807, 2.05) is 36.7 Å². The maximum absolute atomic E-state index is 6.22. The van der Waals surface area contributed by atoms with Crippen molar-refractivity contribution in [2.24, 2.45) is 5.92 Å². The number of hydrogen-bond acceptors (Lipinski definition) is 3. The standard InChI is InChI=1S/C24H22N2O/c1-2-7-17(8-3-1)16-27-22-13-5-12-21-19-10-4-11-20(19)23(26-24(21)22)18-9-6-14-25-15-18/h1-10,12-15,19-20,23,26H,11,16H2. The highest BCUT2D eigenvalue weighted by Crippen LogP contribution is 2.52. The number of hydrogen-bond donors (Lipinski definition) is 1. The number of pyridine rings is 1. The first-order valence-corrected chi connectivity index (χ1v) is 9.53. The molecule has 3 unspecified atom stereocenters. The molecule has 0 saturated carbocycles. The Morgan fingerprint density at radius 2 is 1.93 bits per heavy atom. The first-order chi connectivity index (χ1) is 13.4. The van der Waals surface area contributed by atoms with Gasteiger partial charge in [0.15, 0.2) is 0 Å². The summed E-state index contributed by atoms with van der Waals surface area (Å²) < 4.78 is 6.22. The second-order valence-electron chi connectivity index (χ2n) is 7.26. The molecular weight excluding hydrogens is 332 g/mol. The van der Waals surface area contributed by atoms with Crippen LogP contribution in [0.5, 0.6) is 5.75 Å². The average molecular weight is 354 g/mol. The molecular formula is C24H22N2O. The monoisotopic (exact) mass is 354 g/mol. The van der Waals surface area contributed by atoms with Crippen molar-refractivity contribution < 1.29 is 4.74 Å². The summed E-state index contributed by atoms with van der Waals surface area (Å²) in [5, 5.41) is 3.78. The Labute approximate surface area is 159 Å². The van der Waals surface area contributed by atoms with Gasteiger partial charge in [-0.25, -0.2) is 0 Å². The molecule has 0 bridgehead atoms. The Morgan fingerprint density at radius 3 is 2.78 bits per heavy atom. The van der Waals surface area contributed by atoms with Gasteiger partial charge in [0.05, 0.1) is 11.7 Å². The third-order valence-electron chi connectivity index (χ3n) is 5.64. The lowest BCUT2D eigenvalue weighted by atomic mass is 9.77. The van der Waals surface area contributed by atoms with Gasteiger partial charge in [0.1, 0.15) is 12.4 Å². The molecule has 1 N–H and O–H groups in total. The number of fused-ring (bicyclic) bond motifs is 3. The van der Waals surface area contributed by atoms with Crippen molar-refractivity contribution >= 4 is 5.69 Å². The van der Waals surface area contributed by atoms with Gasteiger partial charge in [0.2, 0.25) is 0 Å². The van der Waals surface area contributed by atoms with Crippen molar-refractivity contribution in [3.05, 3.63) is 102 Å². The highest BCUT2D eigenvalue weighted by atomic mass is 16.5. The molecule has 0 spiro atoms. The Bertz CT molecular complexity index is 953. The molecule has 134 valence electrons. The molecule has 3 nitrogen and oxygen atoms in total. The van der Waals surface area contributed by atoms with Crippen molar-refractivity contribution in [3.8, 4) is 5.75 Å². The third kappa shape index (κ3) is 2.99. The second kappa shape index (κ2) is 6.92. The maximum atomic E-state index is 6.22. The van der Waals surface area contributed by atoms with E-state index in [0.29, 0.717) is 18.4 Å². The van der Waals surface area contributed by atoms with Crippen molar-refractivity contribution in [1.29, 1.82) is 0 Å². The van der Waals surface area contributed by atoms with Gasteiger partial charge in [-0.05, 0) is 41.2 Å². The van der Waals surface area contributed by atoms with E-state index in [1.165, 1.54) is 16.7 Å². The highest BCUT2D eigenvalue weighted by Gasteiger charge is 2.39. The van der Waals surface area contributed by atoms with E-state index < -0.39 is 0 Å². The molecule has 1 aliphatic carbocycles. The molecule has 0 saturated heterocycles. The van der Waals surface area contributed by atoms with Crippen molar-refractivity contribution in [3.63, 3.8) is 0 Å². The van der Waals surface area contributed by atoms with E-state index in [9.17, 15) is 0 Å². The minimum absolute atomic E-state index is 0.243. The zero-order valence-electron chi connectivity index (χ0n) is 15.1. The molecule has 0 radical (unpaired) electrons. The molecule has 1 aromatic heterocycles. The van der Waals surface area contributed by atoms with Crippen molar-refractivity contribution in [2.45, 2.75) is 25.0 Å². The lowest BCUT2D eigenvalue weighted by Gasteiger charge is -2.38. The van der Waals surface area contributed by atoms with Crippen LogP contribution in [0.25, 0.3) is 0 Å². The predicted octanol–water partition coefficient (Wildman–Crippen LogP) is 5.49. The molecule has 3 atom stereocenters. The van der Waals surface area contributed by atoms with Crippen LogP contribution in [0.3, 0.4) is 0 Å². The Hall–Kier alpha value is -3.07. The van der Waals surface area contributed by atoms with E-state index in [4.69, 9.17) is 4.74 Å². The minimum atomic E-state index is 0.243. The quantitative estimate of drug-likeness (QED) is 0.629. The summed E-state index contributed by atoms with van der Waals surface area (Å²) in [5.41, 5.74) is 4.86. The topological polar surface area (TPSA) is 34.1 Å². The molecule has 3 aromatic rings. The molecule has 2 aliphatic rings. The number of aromatic nitrogens is 1. The van der Waals surface area contributed by atoms with Crippen molar-refractivity contribution in [1.82, 2.24) is 4.98 Å². The van der Waals surface area contributed by atoms with Gasteiger partial charge in [-0.1, -0.05) is 60.7 Å². The molecule has 27 heavy (non-hydrogen) atoms. The normalized spacial score (nSPS) is 22.6. The third-order valence-corrected chi connectivity index (χ3v) is 5.64. The molecule has 0 fully saturated rings. The summed E-state index contributed by atoms with van der Waals surface area (Å²) in [5.74, 6) is 1.86. The van der Waals surface area contributed by atoms with Crippen LogP contribution >= 0.6 is 0 Å². The fourth-order valence-corrected chi connectivity index (χ4v) is 4.34. The van der Waals surface area contributed by atoms with Gasteiger partial charge in [-0.2, -0.15) is 0 Å². The number of nitrogens with zero attached hydrogens (tertiary/aromatic N) is 1. The van der Waals surface area contributed by atoms with Gasteiger partial charge in [-0.15, -0.1) is 0 Å². The summed E-state index contributed by atoms with van der Waals surface area (Å²) in [6, 6.07) is 21.1. The Morgan fingerprint density at radius 1 is 1.00 bits per heavy atom. The van der Waals surface area contributed by atoms with Crippen LogP contribution in [0.1, 0.15) is 35.1 Å². The molecule has 2 aromatic carbocycles. The summed E-state index contributed by atoms with van der Waals surface area (Å²) >= 11 is 0. The van der Waals surface area contributed by atoms with Crippen LogP contribution in [0.4, 0.5) is 5.69 Å². The SMILES string of the molecule is C1=CC2c3cccc(OCc4ccccc4)c3NC(c3cccnc3)C2C1. The summed E-state index contributed by atoms with van der Waals surface area (Å²) in [6.07, 6.45) is 9.57. The number of ether oxygens (including phenoxy) is 1. The number of benzene rings is 2. The number of allylic oxidation sites excluding steroid dienone is 2. The van der Waals surface area contributed by atoms with Crippen LogP contribution in [0.15, 0.2) is 85.2 Å². The van der Waals surface area contributed by atoms with Gasteiger partial charge < -0.3 is 10.1 Å². The summed E-state index contributed by atoms with van der Waals surface area (Å²) in [4.78, 5) is 4.34. The lowest BCUT2D eigenvalue weighted by Crippen LogP contribution is -2.29. The summed E-state index contributed by atoms with van der Waals surface area (Å²) in [7, 11) is 0. The number of anilines is 1. The minimum Gasteiger partial charge on any atom is -0.487 e. The second-order valence-corrected chi connectivity index (χ2v) is 7.26. The van der Waals surface area contributed by atoms with Crippen LogP contribution in [0, 0.1) is 5.92 Å². The van der Waals surface area contributed by atoms with E-state index in [2.05, 4.69) is 58.9 Å². The number of nitrogens with one attached hydrogen (secondary N) is 1. The molecule has 5 rings (SSSR count). The van der Waals surface area contributed by atoms with E-state index in [-0.39, 0.29) is 6.04 Å². The smallest absolute Gasteiger partial charge is 0.143 e. The first-order valence-electron chi connectivity index (χ1n) is 9.53. The summed E-state index contributed by atoms with van der Waals surface area (Å²) in [6.45, 7) is 0.570. The fraction of sp³-hybridized carbons (Fsp3) is 0.208. The van der Waals surface area contributed by atoms with Crippen LogP contribution in [-0.2, 0) is 6.61 Å². The molecule has 2 heterocycles. The van der Waals surface area contributed by atoms with Gasteiger partial charge in [0.25, 0.3) is 0 Å². The highest BCUT2D eigenvalue weighted by molar-refractivity contribution is 5.67. The van der Waals surface area contributed by atoms with Crippen LogP contribution in [-0.4, -0.2) is 4.98 Å². The molecule has 1 aliphatic heterocycles. The largest absolute Gasteiger partial charge is 0.487 e. The maximum Gasteiger partial charge on any atom is 0.143 e. The molecule has 0 amide bonds.